The molecule has 164 valence electrons. The largest absolute Gasteiger partial charge is 0.365 e. The number of nitrogens with zero attached hydrogens (tertiary/aromatic N) is 3. The average molecular weight is 452 g/mol. The molecular weight excluding hydrogens is 432 g/mol. The second-order valence-corrected chi connectivity index (χ2v) is 9.29. The molecule has 3 aliphatic heterocycles. The summed E-state index contributed by atoms with van der Waals surface area (Å²) < 4.78 is 0. The van der Waals surface area contributed by atoms with E-state index in [1.807, 2.05) is 35.2 Å². The second kappa shape index (κ2) is 7.63. The lowest BCUT2D eigenvalue weighted by Crippen LogP contribution is -2.73. The first-order chi connectivity index (χ1) is 15.4. The number of fused-ring (bicyclic) bond motifs is 4. The Morgan fingerprint density at radius 1 is 1.16 bits per heavy atom. The quantitative estimate of drug-likeness (QED) is 0.432. The van der Waals surface area contributed by atoms with E-state index < -0.39 is 34.2 Å². The van der Waals surface area contributed by atoms with Crippen molar-refractivity contribution in [2.75, 3.05) is 23.0 Å². The summed E-state index contributed by atoms with van der Waals surface area (Å²) in [7, 11) is 0. The fourth-order valence-electron chi connectivity index (χ4n) is 4.89. The molecular formula is C22H20N4O5S. The molecule has 2 aromatic carbocycles. The first kappa shape index (κ1) is 20.5. The maximum atomic E-state index is 13.9. The van der Waals surface area contributed by atoms with Crippen molar-refractivity contribution in [3.8, 4) is 0 Å². The molecule has 2 saturated heterocycles. The van der Waals surface area contributed by atoms with Gasteiger partial charge in [-0.15, -0.1) is 0 Å². The van der Waals surface area contributed by atoms with Gasteiger partial charge in [-0.05, 0) is 17.2 Å². The first-order valence-corrected chi connectivity index (χ1v) is 11.4. The fraction of sp³-hybridized carbons (Fsp3) is 0.318. The topological polar surface area (TPSA) is 113 Å². The van der Waals surface area contributed by atoms with E-state index in [4.69, 9.17) is 0 Å². The summed E-state index contributed by atoms with van der Waals surface area (Å²) in [6.45, 7) is 0.650. The van der Waals surface area contributed by atoms with Gasteiger partial charge in [-0.1, -0.05) is 30.3 Å². The van der Waals surface area contributed by atoms with E-state index in [1.54, 1.807) is 17.8 Å². The summed E-state index contributed by atoms with van der Waals surface area (Å²) in [5, 5.41) is 13.8. The van der Waals surface area contributed by atoms with Crippen LogP contribution in [-0.4, -0.2) is 51.8 Å². The van der Waals surface area contributed by atoms with Gasteiger partial charge in [-0.25, -0.2) is 4.79 Å². The van der Waals surface area contributed by atoms with Crippen LogP contribution in [0.3, 0.4) is 0 Å². The highest BCUT2D eigenvalue weighted by atomic mass is 32.2. The number of rotatable bonds is 3. The number of carbonyl (C=O) groups excluding carboxylic acids is 3. The van der Waals surface area contributed by atoms with Gasteiger partial charge in [0.1, 0.15) is 0 Å². The summed E-state index contributed by atoms with van der Waals surface area (Å²) in [5.74, 6) is 0.172. The lowest BCUT2D eigenvalue weighted by molar-refractivity contribution is -0.384. The van der Waals surface area contributed by atoms with E-state index in [0.717, 1.165) is 21.9 Å². The van der Waals surface area contributed by atoms with Crippen molar-refractivity contribution < 1.29 is 19.3 Å². The number of non-ortho nitro benzene ring substituents is 1. The van der Waals surface area contributed by atoms with Gasteiger partial charge >= 0.3 is 6.03 Å². The number of amides is 4. The van der Waals surface area contributed by atoms with Crippen LogP contribution in [0.15, 0.2) is 48.5 Å². The number of barbiturate groups is 1. The summed E-state index contributed by atoms with van der Waals surface area (Å²) in [4.78, 5) is 53.8. The van der Waals surface area contributed by atoms with Crippen LogP contribution in [-0.2, 0) is 22.6 Å². The molecule has 1 spiro atoms. The maximum Gasteiger partial charge on any atom is 0.331 e. The Balaban J connectivity index is 1.61. The Labute approximate surface area is 187 Å². The van der Waals surface area contributed by atoms with Crippen molar-refractivity contribution in [3.05, 3.63) is 69.8 Å². The number of nitro benzene ring substituents is 1. The van der Waals surface area contributed by atoms with E-state index in [1.165, 1.54) is 12.1 Å². The average Bonchev–Trinajstić information content (AvgIpc) is 2.80. The number of benzene rings is 2. The van der Waals surface area contributed by atoms with Crippen LogP contribution >= 0.6 is 11.8 Å². The van der Waals surface area contributed by atoms with Crippen molar-refractivity contribution in [2.45, 2.75) is 19.0 Å². The van der Waals surface area contributed by atoms with E-state index in [-0.39, 0.29) is 18.7 Å². The summed E-state index contributed by atoms with van der Waals surface area (Å²) in [6.07, 6.45) is 0.00891. The molecule has 4 amide bonds. The molecule has 0 aliphatic carbocycles. The molecule has 9 nitrogen and oxygen atoms in total. The van der Waals surface area contributed by atoms with Crippen LogP contribution in [0, 0.1) is 15.5 Å². The number of thioether (sulfide) groups is 1. The maximum absolute atomic E-state index is 13.9. The van der Waals surface area contributed by atoms with Gasteiger partial charge in [0.2, 0.25) is 11.8 Å². The Morgan fingerprint density at radius 2 is 1.94 bits per heavy atom. The highest BCUT2D eigenvalue weighted by Crippen LogP contribution is 2.47. The summed E-state index contributed by atoms with van der Waals surface area (Å²) >= 11 is 1.66. The molecule has 5 rings (SSSR count). The van der Waals surface area contributed by atoms with Crippen LogP contribution in [0.25, 0.3) is 0 Å². The van der Waals surface area contributed by atoms with Crippen LogP contribution in [0.1, 0.15) is 11.1 Å². The third-order valence-corrected chi connectivity index (χ3v) is 7.45. The number of hydrogen-bond donors (Lipinski definition) is 1. The molecule has 0 aromatic heterocycles. The lowest BCUT2D eigenvalue weighted by atomic mass is 9.68. The minimum atomic E-state index is -1.53. The minimum Gasteiger partial charge on any atom is -0.365 e. The monoisotopic (exact) mass is 452 g/mol. The van der Waals surface area contributed by atoms with Gasteiger partial charge in [0.05, 0.1) is 17.5 Å². The van der Waals surface area contributed by atoms with Gasteiger partial charge in [0.15, 0.2) is 5.41 Å². The number of hydrogen-bond acceptors (Lipinski definition) is 7. The molecule has 32 heavy (non-hydrogen) atoms. The van der Waals surface area contributed by atoms with E-state index in [9.17, 15) is 24.5 Å². The normalized spacial score (nSPS) is 24.8. The molecule has 0 saturated carbocycles. The molecule has 2 atom stereocenters. The standard InChI is InChI=1S/C22H20N4O5S/c27-19-22(20(28)25(21(29)23-19)12-14-4-2-1-3-5-14)11-15-10-16(26(30)31)6-7-17(15)24-8-9-32-13-18(22)24/h1-7,10,18H,8-9,11-13H2,(H,23,27,29)/t18-,22+/m1/s1. The van der Waals surface area contributed by atoms with Gasteiger partial charge < -0.3 is 4.90 Å². The Morgan fingerprint density at radius 3 is 2.69 bits per heavy atom. The summed E-state index contributed by atoms with van der Waals surface area (Å²) in [6, 6.07) is 12.5. The van der Waals surface area contributed by atoms with Crippen LogP contribution in [0.2, 0.25) is 0 Å². The smallest absolute Gasteiger partial charge is 0.331 e. The molecule has 3 heterocycles. The zero-order valence-corrected chi connectivity index (χ0v) is 17.8. The predicted octanol–water partition coefficient (Wildman–Crippen LogP) is 2.34. The Kier molecular flexibility index (Phi) is 4.89. The number of carbonyl (C=O) groups is 3. The van der Waals surface area contributed by atoms with Gasteiger partial charge in [0, 0.05) is 42.3 Å². The number of nitro groups is 1. The minimum absolute atomic E-state index is 0.00891. The SMILES string of the molecule is O=C1NC(=O)[C@@]2(Cc3cc([N+](=O)[O-])ccc3N3CCSC[C@@H]32)C(=O)N1Cc1ccccc1. The number of nitrogens with one attached hydrogen (secondary N) is 1. The van der Waals surface area contributed by atoms with Crippen LogP contribution in [0.5, 0.6) is 0 Å². The van der Waals surface area contributed by atoms with E-state index in [2.05, 4.69) is 5.32 Å². The van der Waals surface area contributed by atoms with Crippen LogP contribution < -0.4 is 10.2 Å². The zero-order chi connectivity index (χ0) is 22.5. The van der Waals surface area contributed by atoms with Crippen molar-refractivity contribution in [1.82, 2.24) is 10.2 Å². The molecule has 1 N–H and O–H groups in total. The van der Waals surface area contributed by atoms with E-state index >= 15 is 0 Å². The highest BCUT2D eigenvalue weighted by molar-refractivity contribution is 7.99. The van der Waals surface area contributed by atoms with Crippen LogP contribution in [0.4, 0.5) is 16.2 Å². The van der Waals surface area contributed by atoms with Crippen molar-refractivity contribution in [3.63, 3.8) is 0 Å². The molecule has 10 heteroatoms. The number of imide groups is 2. The number of urea groups is 1. The Hall–Kier alpha value is -3.40. The highest BCUT2D eigenvalue weighted by Gasteiger charge is 2.62. The predicted molar refractivity (Wildman–Crippen MR) is 118 cm³/mol. The van der Waals surface area contributed by atoms with E-state index in [0.29, 0.717) is 17.9 Å². The number of anilines is 1. The molecule has 0 bridgehead atoms. The lowest BCUT2D eigenvalue weighted by Gasteiger charge is -2.53. The fourth-order valence-corrected chi connectivity index (χ4v) is 6.07. The first-order valence-electron chi connectivity index (χ1n) is 10.2. The molecule has 0 unspecified atom stereocenters. The molecule has 3 aliphatic rings. The molecule has 2 aromatic rings. The van der Waals surface area contributed by atoms with Gasteiger partial charge in [-0.3, -0.25) is 29.9 Å². The van der Waals surface area contributed by atoms with Crippen molar-refractivity contribution >= 4 is 41.0 Å². The molecule has 2 fully saturated rings. The molecule has 0 radical (unpaired) electrons. The van der Waals surface area contributed by atoms with Gasteiger partial charge in [-0.2, -0.15) is 11.8 Å². The second-order valence-electron chi connectivity index (χ2n) is 8.14. The zero-order valence-electron chi connectivity index (χ0n) is 17.0. The Bertz CT molecular complexity index is 1140. The summed E-state index contributed by atoms with van der Waals surface area (Å²) in [5.41, 5.74) is 0.517. The third kappa shape index (κ3) is 3.05. The van der Waals surface area contributed by atoms with Crippen molar-refractivity contribution in [2.24, 2.45) is 5.41 Å². The van der Waals surface area contributed by atoms with Crippen molar-refractivity contribution in [1.29, 1.82) is 0 Å². The van der Waals surface area contributed by atoms with Gasteiger partial charge in [0.25, 0.3) is 5.69 Å². The third-order valence-electron chi connectivity index (χ3n) is 6.43.